The van der Waals surface area contributed by atoms with Crippen molar-refractivity contribution in [3.8, 4) is 17.1 Å². The second kappa shape index (κ2) is 17.8. The molecule has 16 nitrogen and oxygen atoms in total. The number of rotatable bonds is 12. The van der Waals surface area contributed by atoms with Gasteiger partial charge in [0, 0.05) is 98.5 Å². The Labute approximate surface area is 386 Å². The number of benzene rings is 1. The molecule has 4 aliphatic rings. The SMILES string of the molecule is C=CC(=O)Nc1cc(Nc2nc(-c3ccnc(N4CCn5c(cc6c5CC(C)(C)C6)C4=O)c3CO)cnc2OC)ccc1N1CCN(C2CCN(c3ccnc(C(C)(C)O)c3)CC2)CC1C. The van der Waals surface area contributed by atoms with Gasteiger partial charge in [0.15, 0.2) is 5.82 Å². The van der Waals surface area contributed by atoms with Crippen LogP contribution in [0.1, 0.15) is 80.5 Å². The molecule has 66 heavy (non-hydrogen) atoms. The number of carbonyl (C=O) groups excluding carboxylic acids is 2. The summed E-state index contributed by atoms with van der Waals surface area (Å²) in [5, 5.41) is 27.8. The summed E-state index contributed by atoms with van der Waals surface area (Å²) in [6, 6.07) is 14.3. The van der Waals surface area contributed by atoms with Crippen LogP contribution < -0.4 is 30.1 Å². The zero-order chi connectivity index (χ0) is 46.5. The van der Waals surface area contributed by atoms with Crippen LogP contribution in [0.25, 0.3) is 11.3 Å². The van der Waals surface area contributed by atoms with Crippen LogP contribution >= 0.6 is 0 Å². The predicted molar refractivity (Wildman–Crippen MR) is 257 cm³/mol. The number of hydrogen-bond acceptors (Lipinski definition) is 13. The number of methoxy groups -OCH3 is 1. The minimum atomic E-state index is -0.992. The van der Waals surface area contributed by atoms with Gasteiger partial charge in [0.2, 0.25) is 5.91 Å². The molecule has 0 bridgehead atoms. The minimum Gasteiger partial charge on any atom is -0.478 e. The first-order valence-electron chi connectivity index (χ1n) is 23.0. The molecule has 2 fully saturated rings. The fraction of sp³-hybridized carbons (Fsp3) is 0.440. The number of aromatic nitrogens is 5. The molecule has 1 unspecified atom stereocenters. The molecule has 3 aliphatic heterocycles. The van der Waals surface area contributed by atoms with E-state index in [1.165, 1.54) is 24.4 Å². The van der Waals surface area contributed by atoms with Gasteiger partial charge in [-0.15, -0.1) is 0 Å². The lowest BCUT2D eigenvalue weighted by molar-refractivity contribution is -0.111. The molecular formula is C50H61N11O5. The number of fused-ring (bicyclic) bond motifs is 3. The van der Waals surface area contributed by atoms with Gasteiger partial charge in [-0.2, -0.15) is 0 Å². The Bertz CT molecular complexity index is 2670. The number of nitrogens with one attached hydrogen (secondary N) is 2. The molecule has 2 saturated heterocycles. The smallest absolute Gasteiger partial charge is 0.276 e. The maximum absolute atomic E-state index is 14.0. The highest BCUT2D eigenvalue weighted by molar-refractivity contribution is 6.06. The van der Waals surface area contributed by atoms with Crippen molar-refractivity contribution >= 4 is 46.2 Å². The van der Waals surface area contributed by atoms with Gasteiger partial charge in [-0.3, -0.25) is 24.4 Å². The summed E-state index contributed by atoms with van der Waals surface area (Å²) < 4.78 is 7.82. The second-order valence-electron chi connectivity index (χ2n) is 19.3. The number of carbonyl (C=O) groups is 2. The molecule has 7 heterocycles. The van der Waals surface area contributed by atoms with E-state index >= 15 is 0 Å². The number of piperidine rings is 1. The van der Waals surface area contributed by atoms with Gasteiger partial charge >= 0.3 is 0 Å². The van der Waals surface area contributed by atoms with E-state index in [1.807, 2.05) is 36.4 Å². The van der Waals surface area contributed by atoms with Crippen LogP contribution in [-0.2, 0) is 36.4 Å². The maximum atomic E-state index is 14.0. The number of nitrogens with zero attached hydrogens (tertiary/aromatic N) is 9. The molecule has 1 atom stereocenters. The summed E-state index contributed by atoms with van der Waals surface area (Å²) >= 11 is 0. The Morgan fingerprint density at radius 2 is 1.79 bits per heavy atom. The Hall–Kier alpha value is -6.36. The maximum Gasteiger partial charge on any atom is 0.276 e. The van der Waals surface area contributed by atoms with Crippen LogP contribution in [0, 0.1) is 5.41 Å². The fourth-order valence-electron chi connectivity index (χ4n) is 10.4. The average Bonchev–Trinajstić information content (AvgIpc) is 3.80. The number of amides is 2. The van der Waals surface area contributed by atoms with Crippen LogP contribution in [0.15, 0.2) is 73.7 Å². The molecule has 4 N–H and O–H groups in total. The molecule has 4 aromatic heterocycles. The van der Waals surface area contributed by atoms with Crippen LogP contribution in [0.4, 0.5) is 34.4 Å². The highest BCUT2D eigenvalue weighted by Crippen LogP contribution is 2.41. The van der Waals surface area contributed by atoms with E-state index in [9.17, 15) is 19.8 Å². The molecule has 0 saturated carbocycles. The largest absolute Gasteiger partial charge is 0.478 e. The van der Waals surface area contributed by atoms with Crippen molar-refractivity contribution in [1.82, 2.24) is 29.4 Å². The first-order chi connectivity index (χ1) is 31.6. The summed E-state index contributed by atoms with van der Waals surface area (Å²) in [7, 11) is 1.52. The van der Waals surface area contributed by atoms with Crippen LogP contribution in [0.2, 0.25) is 0 Å². The zero-order valence-electron chi connectivity index (χ0n) is 38.8. The van der Waals surface area contributed by atoms with Gasteiger partial charge in [0.25, 0.3) is 11.8 Å². The monoisotopic (exact) mass is 895 g/mol. The molecule has 0 spiro atoms. The van der Waals surface area contributed by atoms with Gasteiger partial charge in [0.05, 0.1) is 42.7 Å². The third kappa shape index (κ3) is 8.72. The molecule has 9 rings (SSSR count). The van der Waals surface area contributed by atoms with Crippen LogP contribution in [-0.4, -0.2) is 110 Å². The van der Waals surface area contributed by atoms with Gasteiger partial charge in [-0.1, -0.05) is 20.4 Å². The van der Waals surface area contributed by atoms with E-state index < -0.39 is 5.60 Å². The molecule has 2 amide bonds. The van der Waals surface area contributed by atoms with Crippen molar-refractivity contribution in [2.75, 3.05) is 71.7 Å². The molecular weight excluding hydrogens is 835 g/mol. The Morgan fingerprint density at radius 1 is 1.00 bits per heavy atom. The lowest BCUT2D eigenvalue weighted by Gasteiger charge is -2.47. The van der Waals surface area contributed by atoms with Gasteiger partial charge in [-0.25, -0.2) is 15.0 Å². The van der Waals surface area contributed by atoms with Crippen LogP contribution in [0.5, 0.6) is 5.88 Å². The predicted octanol–water partition coefficient (Wildman–Crippen LogP) is 6.30. The molecule has 5 aromatic rings. The highest BCUT2D eigenvalue weighted by atomic mass is 16.5. The Morgan fingerprint density at radius 3 is 2.52 bits per heavy atom. The normalized spacial score (nSPS) is 18.8. The summed E-state index contributed by atoms with van der Waals surface area (Å²) in [6.45, 7) is 19.1. The topological polar surface area (TPSA) is 177 Å². The summed E-state index contributed by atoms with van der Waals surface area (Å²) in [5.74, 6) is 0.495. The summed E-state index contributed by atoms with van der Waals surface area (Å²) in [6.07, 6.45) is 10.2. The number of pyridine rings is 2. The van der Waals surface area contributed by atoms with E-state index in [4.69, 9.17) is 9.72 Å². The molecule has 1 aliphatic carbocycles. The first-order valence-corrected chi connectivity index (χ1v) is 23.0. The number of aliphatic hydroxyl groups is 2. The number of aliphatic hydroxyl groups excluding tert-OH is 1. The minimum absolute atomic E-state index is 0.142. The number of ether oxygens (including phenoxy) is 1. The molecule has 0 radical (unpaired) electrons. The number of anilines is 6. The Balaban J connectivity index is 0.915. The van der Waals surface area contributed by atoms with E-state index in [0.29, 0.717) is 70.4 Å². The van der Waals surface area contributed by atoms with Gasteiger partial charge < -0.3 is 40.0 Å². The number of piperazine rings is 1. The van der Waals surface area contributed by atoms with Crippen molar-refractivity contribution < 1.29 is 24.5 Å². The lowest BCUT2D eigenvalue weighted by atomic mass is 9.90. The molecule has 346 valence electrons. The second-order valence-corrected chi connectivity index (χ2v) is 19.3. The van der Waals surface area contributed by atoms with E-state index in [1.54, 1.807) is 43.4 Å². The van der Waals surface area contributed by atoms with Crippen molar-refractivity contribution in [2.45, 2.75) is 91.1 Å². The quantitative estimate of drug-likeness (QED) is 0.103. The third-order valence-corrected chi connectivity index (χ3v) is 13.7. The molecule has 16 heteroatoms. The fourth-order valence-corrected chi connectivity index (χ4v) is 10.4. The van der Waals surface area contributed by atoms with E-state index in [0.717, 1.165) is 69.8 Å². The summed E-state index contributed by atoms with van der Waals surface area (Å²) in [5.41, 5.74) is 7.74. The highest BCUT2D eigenvalue weighted by Gasteiger charge is 2.38. The van der Waals surface area contributed by atoms with Crippen LogP contribution in [0.3, 0.4) is 0 Å². The molecule has 1 aromatic carbocycles. The van der Waals surface area contributed by atoms with E-state index in [-0.39, 0.29) is 35.8 Å². The van der Waals surface area contributed by atoms with Crippen molar-refractivity contribution in [2.24, 2.45) is 5.41 Å². The third-order valence-electron chi connectivity index (χ3n) is 13.7. The van der Waals surface area contributed by atoms with Gasteiger partial charge in [-0.05, 0) is 106 Å². The standard InChI is InChI=1S/C50H61N11O5/c1-8-44(63)55-38-24-33(9-10-40(38)59-20-19-58(29-31(59)2)34-13-17-57(18-14-34)35-11-15-51-43(25-35)50(5,6)65)54-45-47(66-7)53-28-39(56-45)36-12-16-52-46(37(36)30-62)61-22-21-60-41(48(61)64)23-32-26-49(3,4)27-42(32)60/h8-12,15-16,23-25,28,31,34,62,65H,1,13-14,17-22,26-27,29-30H2,2-7H3,(H,54,56)(H,55,63). The van der Waals surface area contributed by atoms with Gasteiger partial charge in [0.1, 0.15) is 17.1 Å². The number of hydrogen-bond donors (Lipinski definition) is 4. The average molecular weight is 896 g/mol. The summed E-state index contributed by atoms with van der Waals surface area (Å²) in [4.78, 5) is 54.5. The Kier molecular flexibility index (Phi) is 12.1. The van der Waals surface area contributed by atoms with Crippen molar-refractivity contribution in [3.05, 3.63) is 102 Å². The first kappa shape index (κ1) is 44.8. The van der Waals surface area contributed by atoms with E-state index in [2.05, 4.69) is 72.2 Å². The lowest BCUT2D eigenvalue weighted by Crippen LogP contribution is -2.57. The van der Waals surface area contributed by atoms with Crippen molar-refractivity contribution in [1.29, 1.82) is 0 Å². The zero-order valence-corrected chi connectivity index (χ0v) is 38.8. The van der Waals surface area contributed by atoms with Crippen molar-refractivity contribution in [3.63, 3.8) is 0 Å².